The molecule has 2 amide bonds. The topological polar surface area (TPSA) is 72.9 Å². The first-order valence-corrected chi connectivity index (χ1v) is 9.74. The van der Waals surface area contributed by atoms with Crippen LogP contribution in [0.3, 0.4) is 0 Å². The Morgan fingerprint density at radius 3 is 2.40 bits per heavy atom. The van der Waals surface area contributed by atoms with Crippen LogP contribution in [0.2, 0.25) is 0 Å². The van der Waals surface area contributed by atoms with Gasteiger partial charge in [-0.1, -0.05) is 48.5 Å². The average molecular weight is 392 g/mol. The van der Waals surface area contributed by atoms with Gasteiger partial charge in [0.2, 0.25) is 0 Å². The number of aromatic nitrogens is 2. The maximum absolute atomic E-state index is 11.0. The second-order valence-electron chi connectivity index (χ2n) is 7.34. The van der Waals surface area contributed by atoms with E-state index in [1.807, 2.05) is 35.9 Å². The standard InChI is InChI=1S/C25H20N4O/c1-16-14-24(29(28-16)21-11-9-20(10-12-21)27-25(26)30)19-8-13-23-18(15-19)7-6-17-4-2-3-5-22(17)23/h2-15H,1H3,(H3,26,27,30). The Morgan fingerprint density at radius 1 is 0.867 bits per heavy atom. The Morgan fingerprint density at radius 2 is 1.60 bits per heavy atom. The monoisotopic (exact) mass is 392 g/mol. The molecular weight excluding hydrogens is 372 g/mol. The summed E-state index contributed by atoms with van der Waals surface area (Å²) in [5, 5.41) is 12.2. The van der Waals surface area contributed by atoms with E-state index in [9.17, 15) is 4.79 Å². The molecule has 5 rings (SSSR count). The summed E-state index contributed by atoms with van der Waals surface area (Å²) in [6.07, 6.45) is 0. The first kappa shape index (κ1) is 17.9. The van der Waals surface area contributed by atoms with Crippen molar-refractivity contribution in [3.05, 3.63) is 90.6 Å². The van der Waals surface area contributed by atoms with Crippen molar-refractivity contribution >= 4 is 33.3 Å². The fourth-order valence-electron chi connectivity index (χ4n) is 3.90. The molecule has 5 nitrogen and oxygen atoms in total. The third-order valence-corrected chi connectivity index (χ3v) is 5.25. The Labute approximate surface area is 173 Å². The molecule has 0 aliphatic carbocycles. The molecule has 0 aliphatic rings. The molecule has 0 spiro atoms. The van der Waals surface area contributed by atoms with Crippen molar-refractivity contribution in [1.29, 1.82) is 0 Å². The van der Waals surface area contributed by atoms with Crippen LogP contribution in [0.25, 0.3) is 38.5 Å². The number of fused-ring (bicyclic) bond motifs is 3. The van der Waals surface area contributed by atoms with Crippen LogP contribution >= 0.6 is 0 Å². The van der Waals surface area contributed by atoms with Crippen molar-refractivity contribution in [2.24, 2.45) is 5.73 Å². The largest absolute Gasteiger partial charge is 0.351 e. The summed E-state index contributed by atoms with van der Waals surface area (Å²) in [5.41, 5.74) is 9.79. The van der Waals surface area contributed by atoms with Gasteiger partial charge in [-0.15, -0.1) is 0 Å². The summed E-state index contributed by atoms with van der Waals surface area (Å²) in [5.74, 6) is 0. The van der Waals surface area contributed by atoms with Crippen molar-refractivity contribution in [1.82, 2.24) is 9.78 Å². The zero-order valence-electron chi connectivity index (χ0n) is 16.5. The third kappa shape index (κ3) is 3.16. The van der Waals surface area contributed by atoms with Gasteiger partial charge in [0.15, 0.2) is 0 Å². The van der Waals surface area contributed by atoms with Crippen LogP contribution in [0.1, 0.15) is 5.69 Å². The van der Waals surface area contributed by atoms with Gasteiger partial charge in [0, 0.05) is 11.3 Å². The summed E-state index contributed by atoms with van der Waals surface area (Å²) >= 11 is 0. The number of urea groups is 1. The first-order chi connectivity index (χ1) is 14.6. The Bertz CT molecular complexity index is 1400. The number of benzene rings is 4. The van der Waals surface area contributed by atoms with E-state index in [1.54, 1.807) is 0 Å². The summed E-state index contributed by atoms with van der Waals surface area (Å²) in [4.78, 5) is 11.0. The van der Waals surface area contributed by atoms with E-state index in [0.29, 0.717) is 5.69 Å². The maximum atomic E-state index is 11.0. The fourth-order valence-corrected chi connectivity index (χ4v) is 3.90. The van der Waals surface area contributed by atoms with Crippen LogP contribution in [0.5, 0.6) is 0 Å². The highest BCUT2D eigenvalue weighted by Crippen LogP contribution is 2.31. The molecule has 0 bridgehead atoms. The van der Waals surface area contributed by atoms with Crippen LogP contribution in [-0.2, 0) is 0 Å². The van der Waals surface area contributed by atoms with Crippen LogP contribution in [0.15, 0.2) is 84.9 Å². The zero-order valence-corrected chi connectivity index (χ0v) is 16.5. The van der Waals surface area contributed by atoms with Gasteiger partial charge in [0.25, 0.3) is 0 Å². The number of anilines is 1. The number of rotatable bonds is 3. The Balaban J connectivity index is 1.60. The number of amides is 2. The molecule has 0 fully saturated rings. The molecule has 0 radical (unpaired) electrons. The molecule has 0 saturated carbocycles. The maximum Gasteiger partial charge on any atom is 0.316 e. The molecule has 3 N–H and O–H groups in total. The summed E-state index contributed by atoms with van der Waals surface area (Å²) < 4.78 is 1.92. The third-order valence-electron chi connectivity index (χ3n) is 5.25. The number of carbonyl (C=O) groups is 1. The average Bonchev–Trinajstić information content (AvgIpc) is 3.15. The molecule has 4 aromatic carbocycles. The molecule has 5 aromatic rings. The lowest BCUT2D eigenvalue weighted by molar-refractivity contribution is 0.259. The molecule has 0 saturated heterocycles. The molecule has 1 heterocycles. The van der Waals surface area contributed by atoms with E-state index in [1.165, 1.54) is 21.5 Å². The molecule has 146 valence electrons. The van der Waals surface area contributed by atoms with Crippen molar-refractivity contribution in [3.8, 4) is 16.9 Å². The molecule has 0 unspecified atom stereocenters. The Hall–Kier alpha value is -4.12. The minimum absolute atomic E-state index is 0.581. The van der Waals surface area contributed by atoms with E-state index in [0.717, 1.165) is 22.6 Å². The van der Waals surface area contributed by atoms with Gasteiger partial charge in [0.1, 0.15) is 0 Å². The minimum Gasteiger partial charge on any atom is -0.351 e. The normalized spacial score (nSPS) is 11.1. The lowest BCUT2D eigenvalue weighted by Gasteiger charge is -2.11. The number of aryl methyl sites for hydroxylation is 1. The van der Waals surface area contributed by atoms with Crippen LogP contribution in [0, 0.1) is 6.92 Å². The number of nitrogens with zero attached hydrogens (tertiary/aromatic N) is 2. The van der Waals surface area contributed by atoms with Gasteiger partial charge in [-0.2, -0.15) is 5.10 Å². The number of hydrogen-bond donors (Lipinski definition) is 2. The lowest BCUT2D eigenvalue weighted by atomic mass is 9.99. The van der Waals surface area contributed by atoms with Crippen LogP contribution in [0.4, 0.5) is 10.5 Å². The van der Waals surface area contributed by atoms with Gasteiger partial charge in [-0.3, -0.25) is 0 Å². The fraction of sp³-hybridized carbons (Fsp3) is 0.0400. The van der Waals surface area contributed by atoms with Crippen molar-refractivity contribution in [2.75, 3.05) is 5.32 Å². The van der Waals surface area contributed by atoms with Crippen molar-refractivity contribution < 1.29 is 4.79 Å². The van der Waals surface area contributed by atoms with E-state index >= 15 is 0 Å². The van der Waals surface area contributed by atoms with Gasteiger partial charge < -0.3 is 11.1 Å². The zero-order chi connectivity index (χ0) is 20.7. The smallest absolute Gasteiger partial charge is 0.316 e. The molecular formula is C25H20N4O. The summed E-state index contributed by atoms with van der Waals surface area (Å²) in [6, 6.07) is 28.2. The molecule has 0 atom stereocenters. The van der Waals surface area contributed by atoms with Gasteiger partial charge >= 0.3 is 6.03 Å². The molecule has 5 heteroatoms. The van der Waals surface area contributed by atoms with Crippen molar-refractivity contribution in [2.45, 2.75) is 6.92 Å². The summed E-state index contributed by atoms with van der Waals surface area (Å²) in [7, 11) is 0. The van der Waals surface area contributed by atoms with Crippen molar-refractivity contribution in [3.63, 3.8) is 0 Å². The van der Waals surface area contributed by atoms with Gasteiger partial charge in [0.05, 0.1) is 17.1 Å². The highest BCUT2D eigenvalue weighted by Gasteiger charge is 2.11. The molecule has 1 aromatic heterocycles. The predicted octanol–water partition coefficient (Wildman–Crippen LogP) is 5.64. The number of nitrogens with two attached hydrogens (primary N) is 1. The molecule has 30 heavy (non-hydrogen) atoms. The Kier molecular flexibility index (Phi) is 4.21. The van der Waals surface area contributed by atoms with E-state index in [-0.39, 0.29) is 0 Å². The highest BCUT2D eigenvalue weighted by molar-refractivity contribution is 6.08. The molecule has 0 aliphatic heterocycles. The van der Waals surface area contributed by atoms with E-state index in [2.05, 4.69) is 71.1 Å². The first-order valence-electron chi connectivity index (χ1n) is 9.74. The van der Waals surface area contributed by atoms with Gasteiger partial charge in [-0.25, -0.2) is 9.48 Å². The van der Waals surface area contributed by atoms with Crippen LogP contribution < -0.4 is 11.1 Å². The summed E-state index contributed by atoms with van der Waals surface area (Å²) in [6.45, 7) is 1.98. The number of primary amides is 1. The van der Waals surface area contributed by atoms with Gasteiger partial charge in [-0.05, 0) is 64.9 Å². The number of nitrogens with one attached hydrogen (secondary N) is 1. The van der Waals surface area contributed by atoms with E-state index < -0.39 is 6.03 Å². The second kappa shape index (κ2) is 7.04. The van der Waals surface area contributed by atoms with Crippen LogP contribution in [-0.4, -0.2) is 15.8 Å². The second-order valence-corrected chi connectivity index (χ2v) is 7.34. The predicted molar refractivity (Wildman–Crippen MR) is 122 cm³/mol. The number of carbonyl (C=O) groups excluding carboxylic acids is 1. The van der Waals surface area contributed by atoms with E-state index in [4.69, 9.17) is 5.73 Å². The SMILES string of the molecule is Cc1cc(-c2ccc3c(ccc4ccccc43)c2)n(-c2ccc(NC(N)=O)cc2)n1. The lowest BCUT2D eigenvalue weighted by Crippen LogP contribution is -2.19. The minimum atomic E-state index is -0.581. The highest BCUT2D eigenvalue weighted by atomic mass is 16.2. The quantitative estimate of drug-likeness (QED) is 0.390. The number of hydrogen-bond acceptors (Lipinski definition) is 2.